The normalized spacial score (nSPS) is 19.3. The number of aromatic nitrogens is 2. The summed E-state index contributed by atoms with van der Waals surface area (Å²) < 4.78 is 0. The van der Waals surface area contributed by atoms with E-state index in [2.05, 4.69) is 79.6 Å². The van der Waals surface area contributed by atoms with Crippen LogP contribution in [0.15, 0.2) is 122 Å². The molecule has 386 valence electrons. The van der Waals surface area contributed by atoms with Crippen LogP contribution in [0.2, 0.25) is 0 Å². The van der Waals surface area contributed by atoms with Crippen molar-refractivity contribution in [3.05, 3.63) is 143 Å². The lowest BCUT2D eigenvalue weighted by atomic mass is 10.0. The van der Waals surface area contributed by atoms with Crippen molar-refractivity contribution in [3.63, 3.8) is 0 Å². The second kappa shape index (κ2) is 24.9. The highest BCUT2D eigenvalue weighted by Gasteiger charge is 2.38. The zero-order chi connectivity index (χ0) is 50.6. The van der Waals surface area contributed by atoms with Gasteiger partial charge in [0.2, 0.25) is 23.6 Å². The van der Waals surface area contributed by atoms with Crippen molar-refractivity contribution < 1.29 is 19.2 Å². The van der Waals surface area contributed by atoms with Gasteiger partial charge in [0.25, 0.3) is 0 Å². The van der Waals surface area contributed by atoms with Gasteiger partial charge in [-0.2, -0.15) is 0 Å². The van der Waals surface area contributed by atoms with Crippen LogP contribution in [-0.4, -0.2) is 132 Å². The van der Waals surface area contributed by atoms with Gasteiger partial charge in [0.15, 0.2) is 0 Å². The zero-order valence-electron chi connectivity index (χ0n) is 42.1. The Labute approximate surface area is 443 Å². The first-order valence-electron chi connectivity index (χ1n) is 26.6. The van der Waals surface area contributed by atoms with E-state index >= 15 is 0 Å². The first kappa shape index (κ1) is 51.4. The molecule has 4 aliphatic heterocycles. The monoisotopic (exact) mass is 1030 g/mol. The summed E-state index contributed by atoms with van der Waals surface area (Å²) in [5, 5.41) is 14.8. The van der Waals surface area contributed by atoms with Crippen LogP contribution < -0.4 is 21.3 Å². The molecule has 6 heterocycles. The minimum absolute atomic E-state index is 0.0904. The molecule has 10 rings (SSSR count). The Bertz CT molecular complexity index is 2600. The SMILES string of the molecule is O=C(CCCN1CCNCC1)N[C@@H](C(=O)N1CCC[C@H]1c1ncc(-c2ccc(-c3ccc(-c4cnc([C@@H]5CCCN5C(=O)[C@H](NC(=O)CCCN5CCNCC5)c5ccccc5)s4)cc3)cc2)s1)c1ccccc1. The third-order valence-corrected chi connectivity index (χ3v) is 17.2. The van der Waals surface area contributed by atoms with Crippen molar-refractivity contribution in [2.45, 2.75) is 75.5 Å². The third kappa shape index (κ3) is 12.7. The van der Waals surface area contributed by atoms with E-state index in [1.807, 2.05) is 82.9 Å². The number of carbonyl (C=O) groups is 4. The molecule has 4 atom stereocenters. The van der Waals surface area contributed by atoms with Gasteiger partial charge in [0, 0.05) is 90.7 Å². The number of nitrogens with zero attached hydrogens (tertiary/aromatic N) is 6. The molecule has 0 spiro atoms. The summed E-state index contributed by atoms with van der Waals surface area (Å²) in [7, 11) is 0. The average Bonchev–Trinajstić information content (AvgIpc) is 4.31. The van der Waals surface area contributed by atoms with Crippen LogP contribution in [-0.2, 0) is 19.2 Å². The lowest BCUT2D eigenvalue weighted by Gasteiger charge is -2.29. The molecule has 4 aliphatic rings. The summed E-state index contributed by atoms with van der Waals surface area (Å²) >= 11 is 3.25. The van der Waals surface area contributed by atoms with Crippen LogP contribution >= 0.6 is 22.7 Å². The molecule has 4 saturated heterocycles. The highest BCUT2D eigenvalue weighted by Crippen LogP contribution is 2.41. The van der Waals surface area contributed by atoms with E-state index in [0.29, 0.717) is 25.9 Å². The summed E-state index contributed by atoms with van der Waals surface area (Å²) in [6.07, 6.45) is 9.49. The Hall–Kier alpha value is -6.14. The van der Waals surface area contributed by atoms with Crippen molar-refractivity contribution in [2.24, 2.45) is 0 Å². The van der Waals surface area contributed by atoms with Gasteiger partial charge in [-0.05, 0) is 85.0 Å². The molecule has 4 amide bonds. The number of nitrogens with one attached hydrogen (secondary N) is 4. The van der Waals surface area contributed by atoms with E-state index in [-0.39, 0.29) is 35.7 Å². The molecular weight excluding hydrogens is 965 g/mol. The summed E-state index contributed by atoms with van der Waals surface area (Å²) in [6.45, 7) is 10.9. The Morgan fingerprint density at radius 2 is 0.892 bits per heavy atom. The lowest BCUT2D eigenvalue weighted by Crippen LogP contribution is -2.44. The second-order valence-corrected chi connectivity index (χ2v) is 22.0. The molecular formula is C58H68N10O4S2. The summed E-state index contributed by atoms with van der Waals surface area (Å²) in [5.41, 5.74) is 5.90. The van der Waals surface area contributed by atoms with Gasteiger partial charge in [-0.1, -0.05) is 109 Å². The maximum Gasteiger partial charge on any atom is 0.250 e. The molecule has 4 aromatic carbocycles. The minimum Gasteiger partial charge on any atom is -0.341 e. The molecule has 0 unspecified atom stereocenters. The highest BCUT2D eigenvalue weighted by molar-refractivity contribution is 7.15. The largest absolute Gasteiger partial charge is 0.341 e. The van der Waals surface area contributed by atoms with Gasteiger partial charge >= 0.3 is 0 Å². The van der Waals surface area contributed by atoms with Crippen LogP contribution in [0.4, 0.5) is 0 Å². The number of hydrogen-bond acceptors (Lipinski definition) is 12. The number of likely N-dealkylation sites (tertiary alicyclic amines) is 2. The number of rotatable bonds is 19. The molecule has 4 N–H and O–H groups in total. The Balaban J connectivity index is 0.755. The third-order valence-electron chi connectivity index (χ3n) is 14.9. The molecule has 6 aromatic rings. The quantitative estimate of drug-likeness (QED) is 0.0628. The number of thiazole rings is 2. The molecule has 2 aromatic heterocycles. The molecule has 16 heteroatoms. The molecule has 0 radical (unpaired) electrons. The molecule has 0 aliphatic carbocycles. The lowest BCUT2D eigenvalue weighted by molar-refractivity contribution is -0.137. The standard InChI is InChI=1S/C58H68N10O4S2/c69-51(17-9-31-65-35-27-59-28-36-65)63-53(45-11-3-1-4-12-45)57(71)67-33-7-15-47(67)55-61-39-49(73-55)43-23-19-41(20-24-43)42-21-25-44(26-22-42)50-40-62-56(74-50)48-16-8-34-68(48)58(72)54(46-13-5-2-6-14-46)64-52(70)18-10-32-66-37-29-60-30-38-66/h1-6,11-14,19-26,39-40,47-48,53-54,59-60H,7-10,15-18,27-38H2,(H,63,69)(H,64,70)/t47-,48-,53+,54+/m0/s1. The van der Waals surface area contributed by atoms with Gasteiger partial charge in [0.05, 0.1) is 21.8 Å². The van der Waals surface area contributed by atoms with E-state index in [0.717, 1.165) is 157 Å². The molecule has 74 heavy (non-hydrogen) atoms. The van der Waals surface area contributed by atoms with Gasteiger partial charge in [-0.3, -0.25) is 19.2 Å². The van der Waals surface area contributed by atoms with E-state index in [4.69, 9.17) is 9.97 Å². The fraction of sp³-hybridized carbons (Fsp3) is 0.414. The van der Waals surface area contributed by atoms with E-state index in [1.54, 1.807) is 22.7 Å². The van der Waals surface area contributed by atoms with Crippen LogP contribution in [0.1, 0.15) is 96.7 Å². The van der Waals surface area contributed by atoms with Crippen LogP contribution in [0, 0.1) is 0 Å². The van der Waals surface area contributed by atoms with Crippen LogP contribution in [0.25, 0.3) is 32.0 Å². The number of piperazine rings is 2. The zero-order valence-corrected chi connectivity index (χ0v) is 43.8. The number of amides is 4. The topological polar surface area (TPSA) is 155 Å². The second-order valence-electron chi connectivity index (χ2n) is 19.9. The Morgan fingerprint density at radius 1 is 0.514 bits per heavy atom. The average molecular weight is 1030 g/mol. The first-order chi connectivity index (χ1) is 36.3. The molecule has 14 nitrogen and oxygen atoms in total. The van der Waals surface area contributed by atoms with Crippen molar-refractivity contribution >= 4 is 46.3 Å². The predicted molar refractivity (Wildman–Crippen MR) is 293 cm³/mol. The van der Waals surface area contributed by atoms with E-state index in [1.165, 1.54) is 0 Å². The van der Waals surface area contributed by atoms with Crippen molar-refractivity contribution in [3.8, 4) is 32.0 Å². The summed E-state index contributed by atoms with van der Waals surface area (Å²) in [5.74, 6) is -0.385. The Morgan fingerprint density at radius 3 is 1.28 bits per heavy atom. The fourth-order valence-electron chi connectivity index (χ4n) is 10.8. The van der Waals surface area contributed by atoms with Crippen molar-refractivity contribution in [2.75, 3.05) is 78.5 Å². The van der Waals surface area contributed by atoms with E-state index in [9.17, 15) is 19.2 Å². The highest BCUT2D eigenvalue weighted by atomic mass is 32.1. The Kier molecular flexibility index (Phi) is 17.3. The summed E-state index contributed by atoms with van der Waals surface area (Å²) in [6, 6.07) is 34.5. The number of benzene rings is 4. The molecule has 0 bridgehead atoms. The van der Waals surface area contributed by atoms with E-state index < -0.39 is 12.1 Å². The summed E-state index contributed by atoms with van der Waals surface area (Å²) in [4.78, 5) is 75.9. The van der Waals surface area contributed by atoms with Crippen LogP contribution in [0.3, 0.4) is 0 Å². The molecule has 0 saturated carbocycles. The number of carbonyl (C=O) groups excluding carboxylic acids is 4. The van der Waals surface area contributed by atoms with Crippen molar-refractivity contribution in [1.82, 2.24) is 50.8 Å². The maximum absolute atomic E-state index is 14.4. The van der Waals surface area contributed by atoms with Gasteiger partial charge in [0.1, 0.15) is 22.1 Å². The molecule has 4 fully saturated rings. The predicted octanol–water partition coefficient (Wildman–Crippen LogP) is 8.01. The fourth-order valence-corrected chi connectivity index (χ4v) is 13.0. The maximum atomic E-state index is 14.4. The minimum atomic E-state index is -0.757. The van der Waals surface area contributed by atoms with Crippen molar-refractivity contribution in [1.29, 1.82) is 0 Å². The van der Waals surface area contributed by atoms with Gasteiger partial charge in [-0.15, -0.1) is 22.7 Å². The van der Waals surface area contributed by atoms with Gasteiger partial charge in [-0.25, -0.2) is 9.97 Å². The van der Waals surface area contributed by atoms with Gasteiger partial charge < -0.3 is 40.9 Å². The first-order valence-corrected chi connectivity index (χ1v) is 28.3. The smallest absolute Gasteiger partial charge is 0.250 e. The van der Waals surface area contributed by atoms with Crippen LogP contribution in [0.5, 0.6) is 0 Å². The number of hydrogen-bond donors (Lipinski definition) is 4.